The van der Waals surface area contributed by atoms with Gasteiger partial charge in [-0.1, -0.05) is 11.6 Å². The van der Waals surface area contributed by atoms with Crippen LogP contribution in [0.3, 0.4) is 0 Å². The maximum absolute atomic E-state index is 11.0. The summed E-state index contributed by atoms with van der Waals surface area (Å²) in [5.74, 6) is -0.401. The zero-order valence-electron chi connectivity index (χ0n) is 9.24. The van der Waals surface area contributed by atoms with Gasteiger partial charge in [0.15, 0.2) is 0 Å². The fourth-order valence-electron chi connectivity index (χ4n) is 1.42. The first kappa shape index (κ1) is 13.4. The summed E-state index contributed by atoms with van der Waals surface area (Å²) in [4.78, 5) is 12.0. The lowest BCUT2D eigenvalue weighted by Gasteiger charge is -2.07. The molecule has 3 nitrogen and oxygen atoms in total. The molecule has 3 N–H and O–H groups in total. The smallest absolute Gasteiger partial charge is 0.249 e. The quantitative estimate of drug-likeness (QED) is 0.883. The number of hydrogen-bond donors (Lipinski definition) is 2. The highest BCUT2D eigenvalue weighted by Crippen LogP contribution is 2.27. The second kappa shape index (κ2) is 5.73. The average molecular weight is 346 g/mol. The number of thiophene rings is 1. The molecule has 0 spiro atoms. The SMILES string of the molecule is NC(=O)c1csc(CNc2cc(Cl)ccc2Br)c1. The molecule has 1 aromatic heterocycles. The zero-order chi connectivity index (χ0) is 13.1. The molecule has 0 radical (unpaired) electrons. The van der Waals surface area contributed by atoms with Gasteiger partial charge in [0.1, 0.15) is 0 Å². The van der Waals surface area contributed by atoms with Gasteiger partial charge in [-0.2, -0.15) is 0 Å². The molecule has 0 saturated carbocycles. The van der Waals surface area contributed by atoms with Crippen LogP contribution >= 0.6 is 38.9 Å². The number of rotatable bonds is 4. The molecule has 6 heteroatoms. The van der Waals surface area contributed by atoms with E-state index in [1.807, 2.05) is 18.2 Å². The maximum atomic E-state index is 11.0. The van der Waals surface area contributed by atoms with E-state index in [0.29, 0.717) is 17.1 Å². The lowest BCUT2D eigenvalue weighted by Crippen LogP contribution is -2.09. The summed E-state index contributed by atoms with van der Waals surface area (Å²) >= 11 is 10.9. The van der Waals surface area contributed by atoms with Crippen molar-refractivity contribution in [1.82, 2.24) is 0 Å². The van der Waals surface area contributed by atoms with Crippen LogP contribution in [-0.2, 0) is 6.54 Å². The monoisotopic (exact) mass is 344 g/mol. The van der Waals surface area contributed by atoms with Crippen molar-refractivity contribution in [2.75, 3.05) is 5.32 Å². The molecule has 2 rings (SSSR count). The number of benzene rings is 1. The molecule has 94 valence electrons. The second-order valence-corrected chi connectivity index (χ2v) is 5.93. The predicted molar refractivity (Wildman–Crippen MR) is 79.3 cm³/mol. The molecule has 0 bridgehead atoms. The van der Waals surface area contributed by atoms with E-state index < -0.39 is 5.91 Å². The molecule has 0 aliphatic heterocycles. The molecule has 0 fully saturated rings. The molecule has 18 heavy (non-hydrogen) atoms. The van der Waals surface area contributed by atoms with E-state index in [-0.39, 0.29) is 0 Å². The third-order valence-electron chi connectivity index (χ3n) is 2.32. The minimum atomic E-state index is -0.401. The van der Waals surface area contributed by atoms with Crippen LogP contribution in [0, 0.1) is 0 Å². The summed E-state index contributed by atoms with van der Waals surface area (Å²) in [6.45, 7) is 0.622. The Morgan fingerprint density at radius 1 is 1.44 bits per heavy atom. The first-order chi connectivity index (χ1) is 8.56. The number of amides is 1. The van der Waals surface area contributed by atoms with E-state index >= 15 is 0 Å². The number of nitrogens with two attached hydrogens (primary N) is 1. The molecular weight excluding hydrogens is 336 g/mol. The molecule has 0 aliphatic rings. The van der Waals surface area contributed by atoms with Crippen LogP contribution in [0.15, 0.2) is 34.1 Å². The van der Waals surface area contributed by atoms with Gasteiger partial charge in [-0.3, -0.25) is 4.79 Å². The lowest BCUT2D eigenvalue weighted by molar-refractivity contribution is 0.100. The first-order valence-corrected chi connectivity index (χ1v) is 7.17. The topological polar surface area (TPSA) is 55.1 Å². The van der Waals surface area contributed by atoms with Gasteiger partial charge in [0.05, 0.1) is 11.3 Å². The van der Waals surface area contributed by atoms with Gasteiger partial charge in [0.25, 0.3) is 0 Å². The normalized spacial score (nSPS) is 10.3. The van der Waals surface area contributed by atoms with Crippen LogP contribution in [0.2, 0.25) is 5.02 Å². The molecule has 1 aromatic carbocycles. The van der Waals surface area contributed by atoms with Crippen LogP contribution in [0.25, 0.3) is 0 Å². The van der Waals surface area contributed by atoms with Crippen LogP contribution in [0.5, 0.6) is 0 Å². The van der Waals surface area contributed by atoms with Crippen molar-refractivity contribution in [1.29, 1.82) is 0 Å². The molecule has 1 heterocycles. The number of carbonyl (C=O) groups is 1. The van der Waals surface area contributed by atoms with E-state index in [0.717, 1.165) is 15.0 Å². The minimum Gasteiger partial charge on any atom is -0.379 e. The van der Waals surface area contributed by atoms with Gasteiger partial charge in [-0.25, -0.2) is 0 Å². The minimum absolute atomic E-state index is 0.401. The van der Waals surface area contributed by atoms with Gasteiger partial charge < -0.3 is 11.1 Å². The van der Waals surface area contributed by atoms with Crippen molar-refractivity contribution in [2.45, 2.75) is 6.54 Å². The summed E-state index contributed by atoms with van der Waals surface area (Å²) < 4.78 is 0.943. The van der Waals surface area contributed by atoms with Crippen LogP contribution in [-0.4, -0.2) is 5.91 Å². The van der Waals surface area contributed by atoms with Crippen molar-refractivity contribution in [3.63, 3.8) is 0 Å². The van der Waals surface area contributed by atoms with Crippen LogP contribution in [0.1, 0.15) is 15.2 Å². The Morgan fingerprint density at radius 2 is 2.22 bits per heavy atom. The van der Waals surface area contributed by atoms with Crippen molar-refractivity contribution in [3.8, 4) is 0 Å². The van der Waals surface area contributed by atoms with Gasteiger partial charge in [0, 0.05) is 26.3 Å². The molecule has 0 atom stereocenters. The molecule has 2 aromatic rings. The number of anilines is 1. The predicted octanol–water partition coefficient (Wildman–Crippen LogP) is 3.88. The number of carbonyl (C=O) groups excluding carboxylic acids is 1. The summed E-state index contributed by atoms with van der Waals surface area (Å²) in [6.07, 6.45) is 0. The summed E-state index contributed by atoms with van der Waals surface area (Å²) in [7, 11) is 0. The highest BCUT2D eigenvalue weighted by Gasteiger charge is 2.05. The Morgan fingerprint density at radius 3 is 2.89 bits per heavy atom. The van der Waals surface area contributed by atoms with E-state index in [1.165, 1.54) is 11.3 Å². The van der Waals surface area contributed by atoms with E-state index in [4.69, 9.17) is 17.3 Å². The molecule has 0 unspecified atom stereocenters. The van der Waals surface area contributed by atoms with Crippen molar-refractivity contribution < 1.29 is 4.79 Å². The maximum Gasteiger partial charge on any atom is 0.249 e. The van der Waals surface area contributed by atoms with Crippen LogP contribution < -0.4 is 11.1 Å². The molecule has 1 amide bonds. The average Bonchev–Trinajstić information content (AvgIpc) is 2.79. The Bertz CT molecular complexity index is 585. The van der Waals surface area contributed by atoms with Gasteiger partial charge in [-0.15, -0.1) is 11.3 Å². The van der Waals surface area contributed by atoms with Gasteiger partial charge in [0.2, 0.25) is 5.91 Å². The lowest BCUT2D eigenvalue weighted by atomic mass is 10.3. The Balaban J connectivity index is 2.06. The third kappa shape index (κ3) is 3.25. The standard InChI is InChI=1S/C12H10BrClN2OS/c13-10-2-1-8(14)4-11(10)16-5-9-3-7(6-18-9)12(15)17/h1-4,6,16H,5H2,(H2,15,17). The van der Waals surface area contributed by atoms with Crippen molar-refractivity contribution in [3.05, 3.63) is 49.6 Å². The summed E-state index contributed by atoms with van der Waals surface area (Å²) in [5.41, 5.74) is 6.66. The van der Waals surface area contributed by atoms with E-state index in [1.54, 1.807) is 11.4 Å². The zero-order valence-corrected chi connectivity index (χ0v) is 12.4. The largest absolute Gasteiger partial charge is 0.379 e. The second-order valence-electron chi connectivity index (χ2n) is 3.64. The highest BCUT2D eigenvalue weighted by atomic mass is 79.9. The summed E-state index contributed by atoms with van der Waals surface area (Å²) in [6, 6.07) is 7.33. The molecule has 0 aliphatic carbocycles. The van der Waals surface area contributed by atoms with Gasteiger partial charge in [-0.05, 0) is 40.2 Å². The molecular formula is C12H10BrClN2OS. The fraction of sp³-hybridized carbons (Fsp3) is 0.0833. The Labute approximate surface area is 122 Å². The first-order valence-electron chi connectivity index (χ1n) is 5.12. The number of halogens is 2. The van der Waals surface area contributed by atoms with E-state index in [9.17, 15) is 4.79 Å². The Hall–Kier alpha value is -1.04. The highest BCUT2D eigenvalue weighted by molar-refractivity contribution is 9.10. The summed E-state index contributed by atoms with van der Waals surface area (Å²) in [5, 5.41) is 5.68. The molecule has 0 saturated heterocycles. The third-order valence-corrected chi connectivity index (χ3v) is 4.18. The van der Waals surface area contributed by atoms with E-state index in [2.05, 4.69) is 21.2 Å². The number of primary amides is 1. The fourth-order valence-corrected chi connectivity index (χ4v) is 2.79. The number of nitrogens with one attached hydrogen (secondary N) is 1. The van der Waals surface area contributed by atoms with Gasteiger partial charge >= 0.3 is 0 Å². The number of hydrogen-bond acceptors (Lipinski definition) is 3. The van der Waals surface area contributed by atoms with Crippen molar-refractivity contribution >= 4 is 50.5 Å². The Kier molecular flexibility index (Phi) is 4.27. The van der Waals surface area contributed by atoms with Crippen LogP contribution in [0.4, 0.5) is 5.69 Å². The van der Waals surface area contributed by atoms with Crippen molar-refractivity contribution in [2.24, 2.45) is 5.73 Å².